The van der Waals surface area contributed by atoms with Crippen molar-refractivity contribution in [1.29, 1.82) is 0 Å². The van der Waals surface area contributed by atoms with Gasteiger partial charge in [0.2, 0.25) is 0 Å². The highest BCUT2D eigenvalue weighted by Gasteiger charge is 2.19. The molecular weight excluding hydrogens is 829 g/mol. The van der Waals surface area contributed by atoms with Crippen LogP contribution in [0.3, 0.4) is 0 Å². The van der Waals surface area contributed by atoms with Crippen molar-refractivity contribution in [1.82, 2.24) is 0 Å². The Morgan fingerprint density at radius 2 is 0.701 bits per heavy atom. The van der Waals surface area contributed by atoms with Crippen molar-refractivity contribution >= 4 is 17.9 Å². The molecule has 6 nitrogen and oxygen atoms in total. The van der Waals surface area contributed by atoms with Crippen molar-refractivity contribution in [3.8, 4) is 0 Å². The van der Waals surface area contributed by atoms with Crippen molar-refractivity contribution in [3.63, 3.8) is 0 Å². The topological polar surface area (TPSA) is 78.9 Å². The Labute approximate surface area is 409 Å². The summed E-state index contributed by atoms with van der Waals surface area (Å²) in [6, 6.07) is 0. The van der Waals surface area contributed by atoms with Crippen LogP contribution in [-0.4, -0.2) is 37.2 Å². The van der Waals surface area contributed by atoms with Crippen LogP contribution < -0.4 is 0 Å². The molecule has 0 aliphatic rings. The van der Waals surface area contributed by atoms with Gasteiger partial charge in [0.05, 0.1) is 0 Å². The number of carbonyl (C=O) groups is 3. The second-order valence-corrected chi connectivity index (χ2v) is 16.1. The SMILES string of the molecule is CC\C=C/C=C\C=C/C=C\C=C\C=C/C=C\CCCCCC(=O)OCC(COC(=O)CC/C=C\C/C=C\CCCCCCCC)OC(=O)CCC/C=C\C/C=C\C/C=C\C/C=C\C/C=C\CC. The first kappa shape index (κ1) is 61.8. The van der Waals surface area contributed by atoms with E-state index in [4.69, 9.17) is 14.2 Å². The predicted molar refractivity (Wildman–Crippen MR) is 288 cm³/mol. The number of ether oxygens (including phenoxy) is 3. The maximum atomic E-state index is 12.8. The predicted octanol–water partition coefficient (Wildman–Crippen LogP) is 17.2. The van der Waals surface area contributed by atoms with Crippen LogP contribution in [0.15, 0.2) is 170 Å². The highest BCUT2D eigenvalue weighted by atomic mass is 16.6. The first-order valence-electron chi connectivity index (χ1n) is 25.7. The van der Waals surface area contributed by atoms with Crippen LogP contribution in [0, 0.1) is 0 Å². The average Bonchev–Trinajstić information content (AvgIpc) is 3.33. The van der Waals surface area contributed by atoms with E-state index in [-0.39, 0.29) is 44.4 Å². The molecule has 1 atom stereocenters. The van der Waals surface area contributed by atoms with Crippen LogP contribution in [0.5, 0.6) is 0 Å². The van der Waals surface area contributed by atoms with Crippen LogP contribution in [0.25, 0.3) is 0 Å². The van der Waals surface area contributed by atoms with E-state index in [1.807, 2.05) is 79.0 Å². The molecule has 0 fully saturated rings. The van der Waals surface area contributed by atoms with E-state index in [0.29, 0.717) is 19.3 Å². The standard InChI is InChI=1S/C61H90O6/c1-4-7-10-13-16-19-22-25-27-29-30-32-33-36-39-42-45-48-51-54-60(63)66-57-58(56-65-59(62)53-50-47-44-41-38-35-24-21-18-15-12-9-6-3)67-61(64)55-52-49-46-43-40-37-34-31-28-26-23-20-17-14-11-8-5-2/h7-8,10-11,13,16-17,19-20,22,25-30,32-39,43-44,46-47,58H,4-6,9,12,14-15,18,21,23-24,31,40-42,45,48-57H2,1-3H3/b10-7-,11-8-,16-13-,20-17-,22-19-,27-25-,28-26-,30-29+,33-32-,37-34-,38-35-,39-36-,46-43-,47-44-. The molecular formula is C61H90O6. The Balaban J connectivity index is 4.69. The maximum Gasteiger partial charge on any atom is 0.306 e. The zero-order valence-electron chi connectivity index (χ0n) is 42.1. The Bertz CT molecular complexity index is 1620. The number of hydrogen-bond donors (Lipinski definition) is 0. The molecule has 0 aliphatic heterocycles. The molecule has 0 aliphatic carbocycles. The van der Waals surface area contributed by atoms with Gasteiger partial charge in [-0.2, -0.15) is 0 Å². The Morgan fingerprint density at radius 1 is 0.328 bits per heavy atom. The summed E-state index contributed by atoms with van der Waals surface area (Å²) in [4.78, 5) is 37.9. The molecule has 0 rings (SSSR count). The van der Waals surface area contributed by atoms with Crippen molar-refractivity contribution < 1.29 is 28.6 Å². The van der Waals surface area contributed by atoms with E-state index in [9.17, 15) is 14.4 Å². The van der Waals surface area contributed by atoms with E-state index in [0.717, 1.165) is 77.0 Å². The van der Waals surface area contributed by atoms with Gasteiger partial charge in [-0.25, -0.2) is 0 Å². The molecule has 0 aromatic rings. The summed E-state index contributed by atoms with van der Waals surface area (Å²) in [7, 11) is 0. The van der Waals surface area contributed by atoms with Gasteiger partial charge in [-0.15, -0.1) is 0 Å². The smallest absolute Gasteiger partial charge is 0.306 e. The quantitative estimate of drug-likeness (QED) is 0.0199. The normalized spacial score (nSPS) is 13.5. The average molecular weight is 919 g/mol. The van der Waals surface area contributed by atoms with Gasteiger partial charge in [0.1, 0.15) is 13.2 Å². The lowest BCUT2D eigenvalue weighted by molar-refractivity contribution is -0.166. The summed E-state index contributed by atoms with van der Waals surface area (Å²) in [5.41, 5.74) is 0. The number of esters is 3. The van der Waals surface area contributed by atoms with Crippen LogP contribution >= 0.6 is 0 Å². The number of hydrogen-bond acceptors (Lipinski definition) is 6. The minimum Gasteiger partial charge on any atom is -0.462 e. The molecule has 0 bridgehead atoms. The zero-order chi connectivity index (χ0) is 48.6. The van der Waals surface area contributed by atoms with E-state index in [2.05, 4.69) is 112 Å². The molecule has 0 amide bonds. The van der Waals surface area contributed by atoms with Crippen molar-refractivity contribution in [2.24, 2.45) is 0 Å². The van der Waals surface area contributed by atoms with E-state index in [1.54, 1.807) is 0 Å². The summed E-state index contributed by atoms with van der Waals surface area (Å²) in [5.74, 6) is -1.14. The highest BCUT2D eigenvalue weighted by molar-refractivity contribution is 5.71. The number of rotatable bonds is 43. The third-order valence-electron chi connectivity index (χ3n) is 9.89. The Hall–Kier alpha value is -5.23. The van der Waals surface area contributed by atoms with E-state index in [1.165, 1.54) is 38.5 Å². The van der Waals surface area contributed by atoms with Crippen LogP contribution in [0.2, 0.25) is 0 Å². The molecule has 6 heteroatoms. The Kier molecular flexibility index (Phi) is 49.2. The molecule has 0 spiro atoms. The third-order valence-corrected chi connectivity index (χ3v) is 9.89. The summed E-state index contributed by atoms with van der Waals surface area (Å²) in [6.07, 6.45) is 79.2. The summed E-state index contributed by atoms with van der Waals surface area (Å²) in [6.45, 7) is 6.19. The van der Waals surface area contributed by atoms with Crippen LogP contribution in [-0.2, 0) is 28.6 Å². The van der Waals surface area contributed by atoms with Gasteiger partial charge in [-0.05, 0) is 96.3 Å². The van der Waals surface area contributed by atoms with Gasteiger partial charge < -0.3 is 14.2 Å². The molecule has 0 aromatic heterocycles. The number of unbranched alkanes of at least 4 members (excludes halogenated alkanes) is 10. The second-order valence-electron chi connectivity index (χ2n) is 16.1. The molecule has 0 radical (unpaired) electrons. The molecule has 0 saturated carbocycles. The highest BCUT2D eigenvalue weighted by Crippen LogP contribution is 2.10. The fourth-order valence-electron chi connectivity index (χ4n) is 6.10. The monoisotopic (exact) mass is 919 g/mol. The number of allylic oxidation sites excluding steroid dienone is 28. The van der Waals surface area contributed by atoms with Crippen LogP contribution in [0.4, 0.5) is 0 Å². The summed E-state index contributed by atoms with van der Waals surface area (Å²) >= 11 is 0. The Morgan fingerprint density at radius 3 is 1.22 bits per heavy atom. The largest absolute Gasteiger partial charge is 0.462 e. The fraction of sp³-hybridized carbons (Fsp3) is 0.492. The van der Waals surface area contributed by atoms with Crippen molar-refractivity contribution in [2.45, 2.75) is 181 Å². The van der Waals surface area contributed by atoms with Crippen LogP contribution in [0.1, 0.15) is 175 Å². The lowest BCUT2D eigenvalue weighted by Gasteiger charge is -2.18. The fourth-order valence-corrected chi connectivity index (χ4v) is 6.10. The maximum absolute atomic E-state index is 12.8. The third kappa shape index (κ3) is 51.6. The van der Waals surface area contributed by atoms with Crippen molar-refractivity contribution in [3.05, 3.63) is 170 Å². The minimum atomic E-state index is -0.859. The molecule has 1 unspecified atom stereocenters. The van der Waals surface area contributed by atoms with Crippen molar-refractivity contribution in [2.75, 3.05) is 13.2 Å². The van der Waals surface area contributed by atoms with Gasteiger partial charge in [0, 0.05) is 19.3 Å². The summed E-state index contributed by atoms with van der Waals surface area (Å²) in [5, 5.41) is 0. The van der Waals surface area contributed by atoms with Gasteiger partial charge in [-0.3, -0.25) is 14.4 Å². The van der Waals surface area contributed by atoms with E-state index < -0.39 is 12.1 Å². The van der Waals surface area contributed by atoms with Gasteiger partial charge in [0.25, 0.3) is 0 Å². The lowest BCUT2D eigenvalue weighted by atomic mass is 10.1. The second kappa shape index (κ2) is 53.4. The summed E-state index contributed by atoms with van der Waals surface area (Å²) < 4.78 is 16.6. The first-order chi connectivity index (χ1) is 33.0. The molecule has 0 N–H and O–H groups in total. The number of carbonyl (C=O) groups excluding carboxylic acids is 3. The minimum absolute atomic E-state index is 0.151. The first-order valence-corrected chi connectivity index (χ1v) is 25.7. The van der Waals surface area contributed by atoms with Gasteiger partial charge in [-0.1, -0.05) is 229 Å². The molecule has 0 heterocycles. The van der Waals surface area contributed by atoms with E-state index >= 15 is 0 Å². The molecule has 0 aromatic carbocycles. The lowest BCUT2D eigenvalue weighted by Crippen LogP contribution is -2.30. The molecule has 67 heavy (non-hydrogen) atoms. The molecule has 0 saturated heterocycles. The van der Waals surface area contributed by atoms with Gasteiger partial charge in [0.15, 0.2) is 6.10 Å². The zero-order valence-corrected chi connectivity index (χ0v) is 42.1. The molecule has 370 valence electrons. The van der Waals surface area contributed by atoms with Gasteiger partial charge >= 0.3 is 17.9 Å².